The number of benzene rings is 1. The van der Waals surface area contributed by atoms with Crippen LogP contribution >= 0.6 is 11.6 Å². The summed E-state index contributed by atoms with van der Waals surface area (Å²) >= 11 is 5.84. The number of piperidine rings is 1. The van der Waals surface area contributed by atoms with Crippen molar-refractivity contribution in [3.63, 3.8) is 0 Å². The topological polar surface area (TPSA) is 66.5 Å². The Labute approximate surface area is 143 Å². The van der Waals surface area contributed by atoms with Crippen LogP contribution in [0.1, 0.15) is 37.0 Å². The summed E-state index contributed by atoms with van der Waals surface area (Å²) in [6, 6.07) is 6.84. The van der Waals surface area contributed by atoms with E-state index in [1.807, 2.05) is 0 Å². The molecule has 1 aliphatic heterocycles. The first-order valence-corrected chi connectivity index (χ1v) is 9.75. The van der Waals surface area contributed by atoms with Gasteiger partial charge in [-0.3, -0.25) is 4.79 Å². The SMILES string of the molecule is CC(C)S(=O)(=O)NC[C@H]1CCCN(C(=O)c2ccc(Cl)cc2)C1. The highest BCUT2D eigenvalue weighted by Crippen LogP contribution is 2.19. The number of sulfonamides is 1. The molecular formula is C16H23ClN2O3S. The number of nitrogens with one attached hydrogen (secondary N) is 1. The van der Waals surface area contributed by atoms with E-state index in [-0.39, 0.29) is 11.8 Å². The van der Waals surface area contributed by atoms with Crippen LogP contribution in [0, 0.1) is 5.92 Å². The highest BCUT2D eigenvalue weighted by molar-refractivity contribution is 7.90. The molecule has 5 nitrogen and oxygen atoms in total. The molecule has 1 fully saturated rings. The second-order valence-corrected chi connectivity index (χ2v) is 8.97. The second kappa shape index (κ2) is 7.64. The molecule has 1 aromatic carbocycles. The van der Waals surface area contributed by atoms with Crippen LogP contribution < -0.4 is 4.72 Å². The summed E-state index contributed by atoms with van der Waals surface area (Å²) < 4.78 is 26.3. The largest absolute Gasteiger partial charge is 0.338 e. The van der Waals surface area contributed by atoms with Gasteiger partial charge < -0.3 is 4.90 Å². The van der Waals surface area contributed by atoms with Crippen molar-refractivity contribution in [3.8, 4) is 0 Å². The van der Waals surface area contributed by atoms with E-state index in [2.05, 4.69) is 4.72 Å². The van der Waals surface area contributed by atoms with Gasteiger partial charge in [-0.05, 0) is 56.9 Å². The molecule has 0 bridgehead atoms. The number of hydrogen-bond donors (Lipinski definition) is 1. The maximum atomic E-state index is 12.5. The average Bonchev–Trinajstić information content (AvgIpc) is 2.53. The van der Waals surface area contributed by atoms with Crippen molar-refractivity contribution in [2.24, 2.45) is 5.92 Å². The van der Waals surface area contributed by atoms with Crippen LogP contribution in [0.3, 0.4) is 0 Å². The molecule has 1 heterocycles. The molecule has 1 aromatic rings. The minimum absolute atomic E-state index is 0.0296. The van der Waals surface area contributed by atoms with E-state index < -0.39 is 15.3 Å². The molecule has 23 heavy (non-hydrogen) atoms. The third-order valence-corrected chi connectivity index (χ3v) is 6.15. The third-order valence-electron chi connectivity index (χ3n) is 4.09. The number of hydrogen-bond acceptors (Lipinski definition) is 3. The Kier molecular flexibility index (Phi) is 6.06. The Hall–Kier alpha value is -1.11. The predicted octanol–water partition coefficient (Wildman–Crippen LogP) is 2.52. The van der Waals surface area contributed by atoms with E-state index in [1.54, 1.807) is 43.0 Å². The molecule has 1 N–H and O–H groups in total. The van der Waals surface area contributed by atoms with Gasteiger partial charge in [-0.15, -0.1) is 0 Å². The molecule has 7 heteroatoms. The van der Waals surface area contributed by atoms with Gasteiger partial charge in [0, 0.05) is 30.2 Å². The van der Waals surface area contributed by atoms with Crippen LogP contribution in [0.4, 0.5) is 0 Å². The van der Waals surface area contributed by atoms with Gasteiger partial charge in [-0.1, -0.05) is 11.6 Å². The van der Waals surface area contributed by atoms with E-state index in [0.29, 0.717) is 30.2 Å². The van der Waals surface area contributed by atoms with Crippen LogP contribution in [-0.2, 0) is 10.0 Å². The second-order valence-electron chi connectivity index (χ2n) is 6.21. The van der Waals surface area contributed by atoms with Gasteiger partial charge >= 0.3 is 0 Å². The van der Waals surface area contributed by atoms with Gasteiger partial charge in [0.05, 0.1) is 5.25 Å². The zero-order chi connectivity index (χ0) is 17.0. The molecule has 0 aromatic heterocycles. The van der Waals surface area contributed by atoms with Crippen LogP contribution in [-0.4, -0.2) is 44.1 Å². The van der Waals surface area contributed by atoms with Crippen molar-refractivity contribution in [1.82, 2.24) is 9.62 Å². The van der Waals surface area contributed by atoms with Crippen molar-refractivity contribution in [3.05, 3.63) is 34.9 Å². The highest BCUT2D eigenvalue weighted by atomic mass is 35.5. The van der Waals surface area contributed by atoms with Crippen LogP contribution in [0.2, 0.25) is 5.02 Å². The Morgan fingerprint density at radius 2 is 2.00 bits per heavy atom. The molecule has 2 rings (SSSR count). The lowest BCUT2D eigenvalue weighted by Gasteiger charge is -2.33. The number of nitrogens with zero attached hydrogens (tertiary/aromatic N) is 1. The van der Waals surface area contributed by atoms with E-state index in [1.165, 1.54) is 0 Å². The van der Waals surface area contributed by atoms with Gasteiger partial charge in [-0.2, -0.15) is 0 Å². The van der Waals surface area contributed by atoms with Crippen LogP contribution in [0.15, 0.2) is 24.3 Å². The van der Waals surface area contributed by atoms with Crippen molar-refractivity contribution < 1.29 is 13.2 Å². The number of amides is 1. The predicted molar refractivity (Wildman–Crippen MR) is 92.1 cm³/mol. The fraction of sp³-hybridized carbons (Fsp3) is 0.562. The number of likely N-dealkylation sites (tertiary alicyclic amines) is 1. The van der Waals surface area contributed by atoms with Crippen molar-refractivity contribution in [2.45, 2.75) is 31.9 Å². The van der Waals surface area contributed by atoms with Gasteiger partial charge in [-0.25, -0.2) is 13.1 Å². The van der Waals surface area contributed by atoms with E-state index in [4.69, 9.17) is 11.6 Å². The van der Waals surface area contributed by atoms with Gasteiger partial charge in [0.15, 0.2) is 0 Å². The quantitative estimate of drug-likeness (QED) is 0.879. The Morgan fingerprint density at radius 1 is 1.35 bits per heavy atom. The first kappa shape index (κ1) is 18.2. The molecule has 128 valence electrons. The molecule has 1 saturated heterocycles. The maximum Gasteiger partial charge on any atom is 0.253 e. The summed E-state index contributed by atoms with van der Waals surface area (Å²) in [7, 11) is -3.26. The molecule has 0 spiro atoms. The lowest BCUT2D eigenvalue weighted by atomic mass is 9.97. The fourth-order valence-corrected chi connectivity index (χ4v) is 3.52. The third kappa shape index (κ3) is 4.93. The van der Waals surface area contributed by atoms with Crippen LogP contribution in [0.25, 0.3) is 0 Å². The molecule has 1 atom stereocenters. The zero-order valence-electron chi connectivity index (χ0n) is 13.5. The molecular weight excluding hydrogens is 336 g/mol. The van der Waals surface area contributed by atoms with E-state index in [0.717, 1.165) is 12.8 Å². The normalized spacial score (nSPS) is 19.1. The molecule has 0 unspecified atom stereocenters. The zero-order valence-corrected chi connectivity index (χ0v) is 15.0. The Morgan fingerprint density at radius 3 is 2.61 bits per heavy atom. The molecule has 0 aliphatic carbocycles. The first-order valence-electron chi connectivity index (χ1n) is 7.83. The summed E-state index contributed by atoms with van der Waals surface area (Å²) in [6.45, 7) is 4.96. The number of halogens is 1. The summed E-state index contributed by atoms with van der Waals surface area (Å²) in [5, 5.41) is 0.152. The fourth-order valence-electron chi connectivity index (χ4n) is 2.59. The van der Waals surface area contributed by atoms with Gasteiger partial charge in [0.2, 0.25) is 10.0 Å². The Balaban J connectivity index is 1.95. The van der Waals surface area contributed by atoms with Crippen molar-refractivity contribution in [2.75, 3.05) is 19.6 Å². The summed E-state index contributed by atoms with van der Waals surface area (Å²) in [5.41, 5.74) is 0.609. The standard InChI is InChI=1S/C16H23ClN2O3S/c1-12(2)23(21,22)18-10-13-4-3-9-19(11-13)16(20)14-5-7-15(17)8-6-14/h5-8,12-13,18H,3-4,9-11H2,1-2H3/t13-/m1/s1. The lowest BCUT2D eigenvalue weighted by Crippen LogP contribution is -2.44. The van der Waals surface area contributed by atoms with Crippen molar-refractivity contribution >= 4 is 27.5 Å². The summed E-state index contributed by atoms with van der Waals surface area (Å²) in [6.07, 6.45) is 1.80. The Bertz CT molecular complexity index is 644. The number of carbonyl (C=O) groups excluding carboxylic acids is 1. The first-order chi connectivity index (χ1) is 10.8. The monoisotopic (exact) mass is 358 g/mol. The maximum absolute atomic E-state index is 12.5. The molecule has 1 aliphatic rings. The summed E-state index contributed by atoms with van der Waals surface area (Å²) in [5.74, 6) is 0.117. The highest BCUT2D eigenvalue weighted by Gasteiger charge is 2.26. The minimum Gasteiger partial charge on any atom is -0.338 e. The van der Waals surface area contributed by atoms with E-state index >= 15 is 0 Å². The number of carbonyl (C=O) groups is 1. The van der Waals surface area contributed by atoms with E-state index in [9.17, 15) is 13.2 Å². The lowest BCUT2D eigenvalue weighted by molar-refractivity contribution is 0.0676. The van der Waals surface area contributed by atoms with Crippen molar-refractivity contribution in [1.29, 1.82) is 0 Å². The molecule has 0 saturated carbocycles. The molecule has 0 radical (unpaired) electrons. The smallest absolute Gasteiger partial charge is 0.253 e. The average molecular weight is 359 g/mol. The molecule has 1 amide bonds. The van der Waals surface area contributed by atoms with Gasteiger partial charge in [0.1, 0.15) is 0 Å². The van der Waals surface area contributed by atoms with Gasteiger partial charge in [0.25, 0.3) is 5.91 Å². The number of rotatable bonds is 5. The van der Waals surface area contributed by atoms with Crippen LogP contribution in [0.5, 0.6) is 0 Å². The minimum atomic E-state index is -3.26. The summed E-state index contributed by atoms with van der Waals surface area (Å²) in [4.78, 5) is 14.3.